The van der Waals surface area contributed by atoms with E-state index < -0.39 is 12.1 Å². The van der Waals surface area contributed by atoms with Crippen molar-refractivity contribution in [2.45, 2.75) is 38.4 Å². The number of fused-ring (bicyclic) bond motifs is 1. The number of aromatic nitrogens is 2. The summed E-state index contributed by atoms with van der Waals surface area (Å²) in [7, 11) is 0. The Morgan fingerprint density at radius 3 is 2.71 bits per heavy atom. The molecule has 1 saturated carbocycles. The van der Waals surface area contributed by atoms with Gasteiger partial charge in [0.25, 0.3) is 5.91 Å². The first-order valence-electron chi connectivity index (χ1n) is 9.15. The molecule has 1 aliphatic rings. The number of halogens is 1. The Morgan fingerprint density at radius 2 is 2.07 bits per heavy atom. The van der Waals surface area contributed by atoms with Crippen LogP contribution in [0.5, 0.6) is 0 Å². The third-order valence-corrected chi connectivity index (χ3v) is 5.12. The van der Waals surface area contributed by atoms with Gasteiger partial charge in [-0.15, -0.1) is 12.8 Å². The zero-order valence-electron chi connectivity index (χ0n) is 15.7. The smallest absolute Gasteiger partial charge is 0.252 e. The lowest BCUT2D eigenvalue weighted by atomic mass is 10.0. The molecule has 1 fully saturated rings. The molecule has 2 aromatic heterocycles. The first kappa shape index (κ1) is 19.4. The Balaban J connectivity index is 0.00000109. The molecule has 0 bridgehead atoms. The van der Waals surface area contributed by atoms with Crippen LogP contribution in [-0.2, 0) is 0 Å². The molecule has 5 nitrogen and oxygen atoms in total. The summed E-state index contributed by atoms with van der Waals surface area (Å²) < 4.78 is 15.8. The van der Waals surface area contributed by atoms with E-state index in [1.165, 1.54) is 6.20 Å². The predicted octanol–water partition coefficient (Wildman–Crippen LogP) is 3.96. The average molecular weight is 378 g/mol. The van der Waals surface area contributed by atoms with Crippen molar-refractivity contribution >= 4 is 17.1 Å². The van der Waals surface area contributed by atoms with E-state index in [1.807, 2.05) is 43.5 Å². The molecule has 1 amide bonds. The first-order chi connectivity index (χ1) is 13.5. The van der Waals surface area contributed by atoms with Crippen LogP contribution in [0.3, 0.4) is 0 Å². The number of anilines is 1. The Morgan fingerprint density at radius 1 is 1.32 bits per heavy atom. The molecule has 6 heteroatoms. The van der Waals surface area contributed by atoms with Crippen LogP contribution in [0.2, 0.25) is 0 Å². The Bertz CT molecular complexity index is 1020. The largest absolute Gasteiger partial charge is 0.377 e. The maximum atomic E-state index is 14.1. The van der Waals surface area contributed by atoms with Crippen molar-refractivity contribution in [3.05, 3.63) is 53.9 Å². The van der Waals surface area contributed by atoms with Crippen LogP contribution in [0.15, 0.2) is 42.7 Å². The summed E-state index contributed by atoms with van der Waals surface area (Å²) in [5.74, 6) is -0.574. The highest BCUT2D eigenvalue weighted by molar-refractivity contribution is 6.02. The minimum atomic E-state index is -0.922. The van der Waals surface area contributed by atoms with E-state index in [2.05, 4.69) is 23.3 Å². The SMILES string of the molecule is C#C.Cc1ccccc1-c1cc2c(N[C@@H]3CCC[C@@H]3F)c(C(N)=O)cnn2c1. The van der Waals surface area contributed by atoms with Gasteiger partial charge in [-0.3, -0.25) is 4.79 Å². The average Bonchev–Trinajstić information content (AvgIpc) is 3.30. The molecule has 1 aromatic carbocycles. The van der Waals surface area contributed by atoms with Crippen LogP contribution in [-0.4, -0.2) is 27.7 Å². The lowest BCUT2D eigenvalue weighted by molar-refractivity contribution is 0.100. The number of carbonyl (C=O) groups is 1. The highest BCUT2D eigenvalue weighted by atomic mass is 19.1. The number of nitrogens with two attached hydrogens (primary N) is 1. The number of carbonyl (C=O) groups excluding carboxylic acids is 1. The van der Waals surface area contributed by atoms with E-state index in [0.29, 0.717) is 12.1 Å². The second-order valence-electron chi connectivity index (χ2n) is 6.87. The number of nitrogens with zero attached hydrogens (tertiary/aromatic N) is 2. The number of primary amides is 1. The quantitative estimate of drug-likeness (QED) is 0.675. The summed E-state index contributed by atoms with van der Waals surface area (Å²) in [6.45, 7) is 2.05. The fourth-order valence-electron chi connectivity index (χ4n) is 3.70. The number of amides is 1. The molecule has 144 valence electrons. The Labute approximate surface area is 163 Å². The molecular formula is C22H23FN4O. The summed E-state index contributed by atoms with van der Waals surface area (Å²) in [5.41, 5.74) is 10.3. The number of rotatable bonds is 4. The van der Waals surface area contributed by atoms with Gasteiger partial charge >= 0.3 is 0 Å². The number of benzene rings is 1. The van der Waals surface area contributed by atoms with Crippen molar-refractivity contribution in [3.8, 4) is 24.0 Å². The second kappa shape index (κ2) is 8.13. The summed E-state index contributed by atoms with van der Waals surface area (Å²) in [4.78, 5) is 11.9. The molecule has 3 N–H and O–H groups in total. The molecule has 2 heterocycles. The zero-order valence-corrected chi connectivity index (χ0v) is 15.7. The van der Waals surface area contributed by atoms with E-state index in [4.69, 9.17) is 5.73 Å². The lowest BCUT2D eigenvalue weighted by Crippen LogP contribution is -2.27. The molecule has 0 aliphatic heterocycles. The van der Waals surface area contributed by atoms with E-state index in [-0.39, 0.29) is 11.6 Å². The molecule has 1 aliphatic carbocycles. The molecule has 0 unspecified atom stereocenters. The van der Waals surface area contributed by atoms with Gasteiger partial charge < -0.3 is 11.1 Å². The fourth-order valence-corrected chi connectivity index (χ4v) is 3.70. The lowest BCUT2D eigenvalue weighted by Gasteiger charge is -2.19. The topological polar surface area (TPSA) is 72.4 Å². The van der Waals surface area contributed by atoms with Crippen molar-refractivity contribution in [2.75, 3.05) is 5.32 Å². The molecule has 28 heavy (non-hydrogen) atoms. The van der Waals surface area contributed by atoms with Crippen molar-refractivity contribution < 1.29 is 9.18 Å². The number of hydrogen-bond donors (Lipinski definition) is 2. The number of alkyl halides is 1. The monoisotopic (exact) mass is 378 g/mol. The van der Waals surface area contributed by atoms with Crippen LogP contribution in [0.4, 0.5) is 10.1 Å². The summed E-state index contributed by atoms with van der Waals surface area (Å²) >= 11 is 0. The standard InChI is InChI=1S/C20H21FN4O.C2H2/c1-12-5-2-3-6-14(12)13-9-18-19(24-17-8-4-7-16(17)21)15(20(22)26)10-23-25(18)11-13;1-2/h2-3,5-6,9-11,16-17,24H,4,7-8H2,1H3,(H2,22,26);1-2H/t16-,17+;/m0./s1. The van der Waals surface area contributed by atoms with E-state index in [1.54, 1.807) is 4.52 Å². The van der Waals surface area contributed by atoms with Gasteiger partial charge in [0.1, 0.15) is 6.17 Å². The van der Waals surface area contributed by atoms with Crippen LogP contribution in [0.25, 0.3) is 16.6 Å². The molecular weight excluding hydrogens is 355 g/mol. The fraction of sp³-hybridized carbons (Fsp3) is 0.273. The van der Waals surface area contributed by atoms with Gasteiger partial charge in [-0.1, -0.05) is 24.3 Å². The van der Waals surface area contributed by atoms with Crippen molar-refractivity contribution in [1.82, 2.24) is 9.61 Å². The van der Waals surface area contributed by atoms with Crippen LogP contribution >= 0.6 is 0 Å². The summed E-state index contributed by atoms with van der Waals surface area (Å²) in [6.07, 6.45) is 12.5. The van der Waals surface area contributed by atoms with Gasteiger partial charge in [-0.2, -0.15) is 5.10 Å². The molecule has 0 spiro atoms. The van der Waals surface area contributed by atoms with Gasteiger partial charge in [0.2, 0.25) is 0 Å². The zero-order chi connectivity index (χ0) is 20.3. The van der Waals surface area contributed by atoms with E-state index >= 15 is 0 Å². The van der Waals surface area contributed by atoms with Gasteiger partial charge in [0, 0.05) is 11.8 Å². The van der Waals surface area contributed by atoms with Crippen molar-refractivity contribution in [2.24, 2.45) is 5.73 Å². The maximum Gasteiger partial charge on any atom is 0.252 e. The normalized spacial score (nSPS) is 18.4. The highest BCUT2D eigenvalue weighted by Crippen LogP contribution is 2.32. The van der Waals surface area contributed by atoms with Gasteiger partial charge in [0.15, 0.2) is 0 Å². The Kier molecular flexibility index (Phi) is 5.65. The predicted molar refractivity (Wildman–Crippen MR) is 110 cm³/mol. The third kappa shape index (κ3) is 3.56. The number of nitrogens with one attached hydrogen (secondary N) is 1. The molecule has 2 atom stereocenters. The Hall–Kier alpha value is -3.33. The van der Waals surface area contributed by atoms with Crippen LogP contribution in [0.1, 0.15) is 35.2 Å². The van der Waals surface area contributed by atoms with Gasteiger partial charge in [-0.05, 0) is 43.4 Å². The van der Waals surface area contributed by atoms with Crippen molar-refractivity contribution in [3.63, 3.8) is 0 Å². The van der Waals surface area contributed by atoms with Gasteiger partial charge in [-0.25, -0.2) is 8.91 Å². The molecule has 3 aromatic rings. The van der Waals surface area contributed by atoms with E-state index in [0.717, 1.165) is 35.0 Å². The van der Waals surface area contributed by atoms with Crippen LogP contribution in [0, 0.1) is 19.8 Å². The highest BCUT2D eigenvalue weighted by Gasteiger charge is 2.29. The third-order valence-electron chi connectivity index (χ3n) is 5.12. The maximum absolute atomic E-state index is 14.1. The second-order valence-corrected chi connectivity index (χ2v) is 6.87. The van der Waals surface area contributed by atoms with E-state index in [9.17, 15) is 9.18 Å². The number of aryl methyl sites for hydroxylation is 1. The molecule has 0 saturated heterocycles. The number of hydrogen-bond acceptors (Lipinski definition) is 3. The summed E-state index contributed by atoms with van der Waals surface area (Å²) in [5, 5.41) is 7.54. The van der Waals surface area contributed by atoms with Crippen molar-refractivity contribution in [1.29, 1.82) is 0 Å². The molecule has 4 rings (SSSR count). The van der Waals surface area contributed by atoms with Crippen LogP contribution < -0.4 is 11.1 Å². The summed E-state index contributed by atoms with van der Waals surface area (Å²) in [6, 6.07) is 9.72. The minimum Gasteiger partial charge on any atom is -0.377 e. The number of terminal acetylenes is 1. The van der Waals surface area contributed by atoms with Gasteiger partial charge in [0.05, 0.1) is 29.0 Å². The first-order valence-corrected chi connectivity index (χ1v) is 9.15. The minimum absolute atomic E-state index is 0.283. The molecule has 0 radical (unpaired) electrons.